The summed E-state index contributed by atoms with van der Waals surface area (Å²) < 4.78 is 232. The highest BCUT2D eigenvalue weighted by atomic mass is 32.2. The van der Waals surface area contributed by atoms with E-state index in [0.717, 1.165) is 46.3 Å². The predicted molar refractivity (Wildman–Crippen MR) is 299 cm³/mol. The quantitative estimate of drug-likeness (QED) is 0.0661. The molecule has 2 aliphatic heterocycles. The Labute approximate surface area is 498 Å². The number of benzene rings is 2. The number of pyridine rings is 4. The zero-order valence-electron chi connectivity index (χ0n) is 47.8. The third kappa shape index (κ3) is 14.6. The fourth-order valence-electron chi connectivity index (χ4n) is 10.0. The van der Waals surface area contributed by atoms with E-state index in [1.807, 2.05) is 0 Å². The van der Waals surface area contributed by atoms with Gasteiger partial charge in [-0.1, -0.05) is 12.1 Å². The molecule has 0 bridgehead atoms. The number of methoxy groups -OCH3 is 4. The van der Waals surface area contributed by atoms with Gasteiger partial charge >= 0.3 is 12.4 Å². The molecule has 2 fully saturated rings. The van der Waals surface area contributed by atoms with Crippen LogP contribution >= 0.6 is 0 Å². The second kappa shape index (κ2) is 25.5. The van der Waals surface area contributed by atoms with E-state index in [2.05, 4.69) is 19.9 Å². The van der Waals surface area contributed by atoms with Crippen LogP contribution in [-0.2, 0) is 45.5 Å². The van der Waals surface area contributed by atoms with Crippen molar-refractivity contribution in [3.8, 4) is 23.0 Å². The standard InChI is InChI=1S/C56H58F10N10O10S2/c1-33-43(55(61,62)63)29-41(49(70-33)72-21-7-15-53(57,58)17-23-72)51(77)75(37-13-19-68-47(25-37)87(67,79)80)76(52(78)42-30-44(56(64,65)66)34(2)71-50(42)73-22-8-16-54(59,60)18-24-73)38-14-20-69-48(26-38)88(81,82)74(31-35-9-11-39(83-3)27-45(35)85-5)32-36-10-12-40(84-4)28-46(36)86-6/h9-14,19-20,25-30H,7-8,15-18,21-24,31-32H2,1-6H3,(H2,67,79,80). The molecule has 0 aliphatic carbocycles. The van der Waals surface area contributed by atoms with Gasteiger partial charge in [0.05, 0.1) is 73.5 Å². The summed E-state index contributed by atoms with van der Waals surface area (Å²) in [5, 5.41) is 3.79. The number of hydrazine groups is 1. The second-order valence-corrected chi connectivity index (χ2v) is 23.9. The van der Waals surface area contributed by atoms with Crippen LogP contribution in [0.4, 0.5) is 66.9 Å². The lowest BCUT2D eigenvalue weighted by Gasteiger charge is -2.37. The highest BCUT2D eigenvalue weighted by Crippen LogP contribution is 2.42. The van der Waals surface area contributed by atoms with Gasteiger partial charge in [-0.05, 0) is 63.1 Å². The molecule has 2 N–H and O–H groups in total. The fraction of sp³-hybridized carbons (Fsp3) is 0.393. The molecule has 32 heteroatoms. The smallest absolute Gasteiger partial charge is 0.418 e. The van der Waals surface area contributed by atoms with Crippen LogP contribution in [0.2, 0.25) is 0 Å². The maximum atomic E-state index is 16.3. The molecule has 474 valence electrons. The fourth-order valence-corrected chi connectivity index (χ4v) is 11.9. The molecule has 2 aliphatic rings. The topological polar surface area (TPSA) is 233 Å². The van der Waals surface area contributed by atoms with Crippen molar-refractivity contribution in [2.75, 3.05) is 74.4 Å². The molecule has 20 nitrogen and oxygen atoms in total. The normalized spacial score (nSPS) is 15.7. The first-order valence-electron chi connectivity index (χ1n) is 26.7. The SMILES string of the molecule is COc1ccc(CN(Cc2ccc(OC)cc2OC)S(=O)(=O)c2cc(N(C(=O)c3cc(C(F)(F)F)c(C)nc3N3CCCC(F)(F)CC3)N(C(=O)c3cc(C(F)(F)F)c(C)nc3N3CCCC(F)(F)CC3)c3ccnc(S(N)(=O)=O)c3)ccn2)c(OC)c1. The molecular weight excluding hydrogens is 1230 g/mol. The minimum Gasteiger partial charge on any atom is -0.497 e. The van der Waals surface area contributed by atoms with Crippen molar-refractivity contribution in [2.24, 2.45) is 5.14 Å². The van der Waals surface area contributed by atoms with Crippen LogP contribution in [0.15, 0.2) is 95.2 Å². The van der Waals surface area contributed by atoms with Crippen molar-refractivity contribution in [2.45, 2.75) is 99.7 Å². The summed E-state index contributed by atoms with van der Waals surface area (Å²) in [6.07, 6.45) is -13.1. The number of alkyl halides is 10. The molecule has 0 saturated carbocycles. The average molecular weight is 1290 g/mol. The van der Waals surface area contributed by atoms with Gasteiger partial charge in [0, 0.05) is 113 Å². The summed E-state index contributed by atoms with van der Waals surface area (Å²) in [4.78, 5) is 50.8. The van der Waals surface area contributed by atoms with Crippen LogP contribution < -0.4 is 43.9 Å². The van der Waals surface area contributed by atoms with Crippen molar-refractivity contribution in [1.29, 1.82) is 0 Å². The number of nitrogens with zero attached hydrogens (tertiary/aromatic N) is 9. The highest BCUT2D eigenvalue weighted by Gasteiger charge is 2.44. The van der Waals surface area contributed by atoms with Crippen LogP contribution in [-0.4, -0.2) is 119 Å². The number of anilines is 4. The molecule has 0 spiro atoms. The Morgan fingerprint density at radius 3 is 1.34 bits per heavy atom. The first-order valence-corrected chi connectivity index (χ1v) is 29.7. The van der Waals surface area contributed by atoms with Gasteiger partial charge in [0.25, 0.3) is 31.9 Å². The summed E-state index contributed by atoms with van der Waals surface area (Å²) >= 11 is 0. The summed E-state index contributed by atoms with van der Waals surface area (Å²) in [7, 11) is -4.84. The largest absolute Gasteiger partial charge is 0.497 e. The molecule has 6 heterocycles. The van der Waals surface area contributed by atoms with E-state index < -0.39 is 175 Å². The molecular formula is C56H58F10N10O10S2. The number of amides is 2. The number of ether oxygens (including phenoxy) is 4. The predicted octanol–water partition coefficient (Wildman–Crippen LogP) is 10.2. The summed E-state index contributed by atoms with van der Waals surface area (Å²) in [6, 6.07) is 12.3. The minimum atomic E-state index is -5.34. The maximum Gasteiger partial charge on any atom is 0.418 e. The molecule has 2 amide bonds. The zero-order chi connectivity index (χ0) is 64.5. The molecule has 8 rings (SSSR count). The Kier molecular flexibility index (Phi) is 19.1. The minimum absolute atomic E-state index is 0.117. The Balaban J connectivity index is 1.46. The van der Waals surface area contributed by atoms with Gasteiger partial charge in [-0.3, -0.25) is 9.59 Å². The Morgan fingerprint density at radius 1 is 0.568 bits per heavy atom. The first kappa shape index (κ1) is 65.9. The van der Waals surface area contributed by atoms with Gasteiger partial charge < -0.3 is 28.7 Å². The Bertz CT molecular complexity index is 3790. The van der Waals surface area contributed by atoms with E-state index in [0.29, 0.717) is 29.8 Å². The van der Waals surface area contributed by atoms with Crippen molar-refractivity contribution in [3.05, 3.63) is 130 Å². The van der Waals surface area contributed by atoms with E-state index in [-0.39, 0.29) is 70.7 Å². The third-order valence-corrected chi connectivity index (χ3v) is 17.1. The number of carbonyl (C=O) groups is 2. The third-order valence-electron chi connectivity index (χ3n) is 14.6. The monoisotopic (exact) mass is 1280 g/mol. The van der Waals surface area contributed by atoms with Crippen molar-refractivity contribution < 1.29 is 89.3 Å². The van der Waals surface area contributed by atoms with Crippen molar-refractivity contribution in [3.63, 3.8) is 0 Å². The van der Waals surface area contributed by atoms with Crippen LogP contribution in [0.1, 0.15) is 92.9 Å². The van der Waals surface area contributed by atoms with Crippen LogP contribution in [0.5, 0.6) is 23.0 Å². The van der Waals surface area contributed by atoms with E-state index in [1.54, 1.807) is 0 Å². The molecule has 88 heavy (non-hydrogen) atoms. The van der Waals surface area contributed by atoms with E-state index in [4.69, 9.17) is 24.1 Å². The van der Waals surface area contributed by atoms with Crippen LogP contribution in [0.25, 0.3) is 0 Å². The number of nitrogens with two attached hydrogens (primary N) is 1. The summed E-state index contributed by atoms with van der Waals surface area (Å²) in [5.74, 6) is -10.8. The van der Waals surface area contributed by atoms with E-state index in [9.17, 15) is 8.42 Å². The van der Waals surface area contributed by atoms with Crippen LogP contribution in [0.3, 0.4) is 0 Å². The van der Waals surface area contributed by atoms with Gasteiger partial charge in [0.2, 0.25) is 11.8 Å². The Hall–Kier alpha value is -8.10. The number of sulfonamides is 2. The lowest BCUT2D eigenvalue weighted by atomic mass is 10.1. The number of aromatic nitrogens is 4. The number of rotatable bonds is 17. The number of hydrogen-bond donors (Lipinski definition) is 1. The molecule has 2 saturated heterocycles. The van der Waals surface area contributed by atoms with E-state index in [1.165, 1.54) is 64.8 Å². The van der Waals surface area contributed by atoms with Gasteiger partial charge in [0.15, 0.2) is 10.1 Å². The van der Waals surface area contributed by atoms with Gasteiger partial charge in [-0.15, -0.1) is 0 Å². The summed E-state index contributed by atoms with van der Waals surface area (Å²) in [6.45, 7) is -1.31. The first-order chi connectivity index (χ1) is 41.2. The molecule has 0 atom stereocenters. The van der Waals surface area contributed by atoms with E-state index >= 15 is 61.9 Å². The van der Waals surface area contributed by atoms with Crippen LogP contribution in [0, 0.1) is 13.8 Å². The number of primary sulfonamides is 1. The lowest BCUT2D eigenvalue weighted by Crippen LogP contribution is -2.52. The number of halogens is 10. The van der Waals surface area contributed by atoms with Gasteiger partial charge in [-0.2, -0.15) is 30.6 Å². The molecule has 0 unspecified atom stereocenters. The number of hydrogen-bond acceptors (Lipinski definition) is 16. The summed E-state index contributed by atoms with van der Waals surface area (Å²) in [5.41, 5.74) is -8.29. The maximum absolute atomic E-state index is 16.3. The van der Waals surface area contributed by atoms with Gasteiger partial charge in [0.1, 0.15) is 34.6 Å². The van der Waals surface area contributed by atoms with Crippen molar-refractivity contribution >= 4 is 54.9 Å². The second-order valence-electron chi connectivity index (χ2n) is 20.5. The highest BCUT2D eigenvalue weighted by molar-refractivity contribution is 7.89. The van der Waals surface area contributed by atoms with Crippen molar-refractivity contribution in [1.82, 2.24) is 24.2 Å². The zero-order valence-corrected chi connectivity index (χ0v) is 49.5. The molecule has 6 aromatic rings. The molecule has 2 aromatic carbocycles. The van der Waals surface area contributed by atoms with Gasteiger partial charge in [-0.25, -0.2) is 69.5 Å². The average Bonchev–Trinajstić information content (AvgIpc) is 2.01. The number of aryl methyl sites for hydroxylation is 2. The Morgan fingerprint density at radius 2 is 0.966 bits per heavy atom. The molecule has 0 radical (unpaired) electrons. The lowest BCUT2D eigenvalue weighted by molar-refractivity contribution is -0.139. The molecule has 4 aromatic heterocycles. The number of carbonyl (C=O) groups excluding carboxylic acids is 2.